The summed E-state index contributed by atoms with van der Waals surface area (Å²) in [7, 11) is 0. The molecule has 1 aliphatic rings. The Kier molecular flexibility index (Phi) is 3.66. The van der Waals surface area contributed by atoms with Crippen molar-refractivity contribution in [1.82, 2.24) is 14.7 Å². The zero-order valence-electron chi connectivity index (χ0n) is 12.3. The van der Waals surface area contributed by atoms with E-state index in [1.165, 1.54) is 11.1 Å². The van der Waals surface area contributed by atoms with Gasteiger partial charge in [-0.15, -0.1) is 0 Å². The first-order chi connectivity index (χ1) is 10.6. The van der Waals surface area contributed by atoms with Gasteiger partial charge in [-0.1, -0.05) is 24.3 Å². The Bertz CT molecular complexity index is 723. The van der Waals surface area contributed by atoms with Gasteiger partial charge in [0.25, 0.3) is 5.91 Å². The Labute approximate surface area is 128 Å². The number of carbonyl (C=O) groups excluding carboxylic acids is 1. The van der Waals surface area contributed by atoms with E-state index in [-0.39, 0.29) is 5.91 Å². The fourth-order valence-corrected chi connectivity index (χ4v) is 2.86. The summed E-state index contributed by atoms with van der Waals surface area (Å²) in [5.41, 5.74) is 2.10. The second kappa shape index (κ2) is 5.63. The van der Waals surface area contributed by atoms with Crippen molar-refractivity contribution in [3.8, 4) is 0 Å². The van der Waals surface area contributed by atoms with Crippen LogP contribution in [0.1, 0.15) is 34.5 Å². The van der Waals surface area contributed by atoms with Crippen LogP contribution in [0.25, 0.3) is 0 Å². The van der Waals surface area contributed by atoms with Crippen molar-refractivity contribution in [1.29, 1.82) is 0 Å². The van der Waals surface area contributed by atoms with Crippen LogP contribution in [0.4, 0.5) is 0 Å². The molecular formula is C16H17N3O3. The van der Waals surface area contributed by atoms with E-state index >= 15 is 0 Å². The van der Waals surface area contributed by atoms with Crippen LogP contribution in [0.15, 0.2) is 36.7 Å². The lowest BCUT2D eigenvalue weighted by Gasteiger charge is -2.34. The number of rotatable bonds is 3. The summed E-state index contributed by atoms with van der Waals surface area (Å²) in [5.74, 6) is -1.30. The first-order valence-electron chi connectivity index (χ1n) is 7.26. The predicted octanol–water partition coefficient (Wildman–Crippen LogP) is 1.73. The third kappa shape index (κ3) is 2.36. The number of aliphatic carboxylic acids is 1. The molecule has 3 rings (SSSR count). The number of carboxylic acids is 1. The summed E-state index contributed by atoms with van der Waals surface area (Å²) >= 11 is 0. The summed E-state index contributed by atoms with van der Waals surface area (Å²) in [4.78, 5) is 25.8. The summed E-state index contributed by atoms with van der Waals surface area (Å²) in [5, 5.41) is 13.7. The molecule has 0 saturated carbocycles. The Balaban J connectivity index is 1.96. The molecule has 2 heterocycles. The molecule has 1 aromatic carbocycles. The highest BCUT2D eigenvalue weighted by atomic mass is 16.4. The van der Waals surface area contributed by atoms with E-state index in [0.717, 1.165) is 5.56 Å². The van der Waals surface area contributed by atoms with Crippen LogP contribution < -0.4 is 0 Å². The standard InChI is InChI=1S/C16H17N3O3/c1-2-18-10-12(9-17-18)15(20)19-8-7-11-5-3-4-6-13(11)14(19)16(21)22/h3-6,9-10,14H,2,7-8H2,1H3,(H,21,22). The Morgan fingerprint density at radius 3 is 2.82 bits per heavy atom. The van der Waals surface area contributed by atoms with E-state index in [9.17, 15) is 14.7 Å². The van der Waals surface area contributed by atoms with E-state index in [4.69, 9.17) is 0 Å². The smallest absolute Gasteiger partial charge is 0.331 e. The van der Waals surface area contributed by atoms with Gasteiger partial charge in [-0.3, -0.25) is 9.48 Å². The number of fused-ring (bicyclic) bond motifs is 1. The lowest BCUT2D eigenvalue weighted by atomic mass is 9.92. The summed E-state index contributed by atoms with van der Waals surface area (Å²) in [6.45, 7) is 2.99. The van der Waals surface area contributed by atoms with Crippen molar-refractivity contribution in [2.24, 2.45) is 0 Å². The topological polar surface area (TPSA) is 75.4 Å². The molecule has 2 aromatic rings. The second-order valence-corrected chi connectivity index (χ2v) is 5.27. The first-order valence-corrected chi connectivity index (χ1v) is 7.26. The molecule has 0 aliphatic carbocycles. The maximum absolute atomic E-state index is 12.7. The van der Waals surface area contributed by atoms with Crippen molar-refractivity contribution < 1.29 is 14.7 Å². The normalized spacial score (nSPS) is 17.1. The molecule has 22 heavy (non-hydrogen) atoms. The molecular weight excluding hydrogens is 282 g/mol. The summed E-state index contributed by atoms with van der Waals surface area (Å²) in [6.07, 6.45) is 3.81. The molecule has 0 saturated heterocycles. The Hall–Kier alpha value is -2.63. The van der Waals surface area contributed by atoms with Gasteiger partial charge in [-0.05, 0) is 24.5 Å². The van der Waals surface area contributed by atoms with Crippen LogP contribution in [0, 0.1) is 0 Å². The SMILES string of the molecule is CCn1cc(C(=O)N2CCc3ccccc3C2C(=O)O)cn1. The summed E-state index contributed by atoms with van der Waals surface area (Å²) < 4.78 is 1.65. The van der Waals surface area contributed by atoms with Crippen molar-refractivity contribution in [2.75, 3.05) is 6.54 Å². The van der Waals surface area contributed by atoms with Gasteiger partial charge in [0.05, 0.1) is 11.8 Å². The van der Waals surface area contributed by atoms with E-state index in [0.29, 0.717) is 30.6 Å². The molecule has 0 radical (unpaired) electrons. The minimum atomic E-state index is -1.01. The van der Waals surface area contributed by atoms with Gasteiger partial charge < -0.3 is 10.0 Å². The minimum absolute atomic E-state index is 0.290. The largest absolute Gasteiger partial charge is 0.479 e. The van der Waals surface area contributed by atoms with Gasteiger partial charge in [0.2, 0.25) is 0 Å². The van der Waals surface area contributed by atoms with E-state index in [1.54, 1.807) is 23.0 Å². The van der Waals surface area contributed by atoms with Crippen LogP contribution in [0.5, 0.6) is 0 Å². The van der Waals surface area contributed by atoms with Crippen molar-refractivity contribution in [2.45, 2.75) is 25.9 Å². The number of benzene rings is 1. The molecule has 0 bridgehead atoms. The van der Waals surface area contributed by atoms with Crippen molar-refractivity contribution >= 4 is 11.9 Å². The van der Waals surface area contributed by atoms with Crippen molar-refractivity contribution in [3.63, 3.8) is 0 Å². The zero-order valence-corrected chi connectivity index (χ0v) is 12.3. The number of aromatic nitrogens is 2. The van der Waals surface area contributed by atoms with E-state index in [2.05, 4.69) is 5.10 Å². The van der Waals surface area contributed by atoms with Crippen LogP contribution in [0.2, 0.25) is 0 Å². The third-order valence-corrected chi connectivity index (χ3v) is 3.98. The molecule has 0 fully saturated rings. The van der Waals surface area contributed by atoms with Crippen LogP contribution in [-0.2, 0) is 17.8 Å². The highest BCUT2D eigenvalue weighted by Crippen LogP contribution is 2.31. The predicted molar refractivity (Wildman–Crippen MR) is 79.5 cm³/mol. The Morgan fingerprint density at radius 1 is 1.36 bits per heavy atom. The van der Waals surface area contributed by atoms with Crippen LogP contribution >= 0.6 is 0 Å². The quantitative estimate of drug-likeness (QED) is 0.936. The third-order valence-electron chi connectivity index (χ3n) is 3.98. The lowest BCUT2D eigenvalue weighted by molar-refractivity contribution is -0.143. The van der Waals surface area contributed by atoms with E-state index in [1.807, 2.05) is 19.1 Å². The van der Waals surface area contributed by atoms with Gasteiger partial charge in [0.15, 0.2) is 6.04 Å². The molecule has 1 N–H and O–H groups in total. The van der Waals surface area contributed by atoms with E-state index < -0.39 is 12.0 Å². The average molecular weight is 299 g/mol. The zero-order chi connectivity index (χ0) is 15.7. The fourth-order valence-electron chi connectivity index (χ4n) is 2.86. The fraction of sp³-hybridized carbons (Fsp3) is 0.312. The monoisotopic (exact) mass is 299 g/mol. The number of nitrogens with zero attached hydrogens (tertiary/aromatic N) is 3. The van der Waals surface area contributed by atoms with Gasteiger partial charge in [0, 0.05) is 19.3 Å². The van der Waals surface area contributed by atoms with Crippen LogP contribution in [0.3, 0.4) is 0 Å². The number of amides is 1. The first kappa shape index (κ1) is 14.3. The number of aryl methyl sites for hydroxylation is 1. The molecule has 0 spiro atoms. The molecule has 1 aliphatic heterocycles. The Morgan fingerprint density at radius 2 is 2.14 bits per heavy atom. The highest BCUT2D eigenvalue weighted by molar-refractivity contribution is 5.96. The second-order valence-electron chi connectivity index (χ2n) is 5.27. The minimum Gasteiger partial charge on any atom is -0.479 e. The number of hydrogen-bond acceptors (Lipinski definition) is 3. The molecule has 1 amide bonds. The molecule has 1 aromatic heterocycles. The number of carboxylic acid groups (broad SMARTS) is 1. The molecule has 114 valence electrons. The van der Waals surface area contributed by atoms with Crippen LogP contribution in [-0.4, -0.2) is 38.2 Å². The maximum Gasteiger partial charge on any atom is 0.331 e. The summed E-state index contributed by atoms with van der Waals surface area (Å²) in [6, 6.07) is 6.45. The lowest BCUT2D eigenvalue weighted by Crippen LogP contribution is -2.43. The van der Waals surface area contributed by atoms with Gasteiger partial charge >= 0.3 is 5.97 Å². The molecule has 1 unspecified atom stereocenters. The molecule has 6 nitrogen and oxygen atoms in total. The highest BCUT2D eigenvalue weighted by Gasteiger charge is 2.36. The van der Waals surface area contributed by atoms with Gasteiger partial charge in [-0.2, -0.15) is 5.10 Å². The molecule has 6 heteroatoms. The number of carbonyl (C=O) groups is 2. The van der Waals surface area contributed by atoms with Crippen molar-refractivity contribution in [3.05, 3.63) is 53.3 Å². The molecule has 1 atom stereocenters. The van der Waals surface area contributed by atoms with Gasteiger partial charge in [-0.25, -0.2) is 4.79 Å². The number of hydrogen-bond donors (Lipinski definition) is 1. The average Bonchev–Trinajstić information content (AvgIpc) is 3.02. The van der Waals surface area contributed by atoms with Gasteiger partial charge in [0.1, 0.15) is 0 Å². The maximum atomic E-state index is 12.7.